The molecule has 0 aromatic heterocycles. The first-order chi connectivity index (χ1) is 20.7. The Labute approximate surface area is 272 Å². The van der Waals surface area contributed by atoms with E-state index in [4.69, 9.17) is 6.57 Å². The van der Waals surface area contributed by atoms with Gasteiger partial charge in [-0.05, 0) is 90.1 Å². The Morgan fingerprint density at radius 2 is 1.70 bits per heavy atom. The van der Waals surface area contributed by atoms with Gasteiger partial charge in [0, 0.05) is 29.9 Å². The molecular formula is C34H30F2LiN3O3S. The van der Waals surface area contributed by atoms with E-state index in [2.05, 4.69) is 10.2 Å². The number of hydrogen-bond acceptors (Lipinski definition) is 5. The Morgan fingerprint density at radius 1 is 0.977 bits per heavy atom. The van der Waals surface area contributed by atoms with E-state index in [9.17, 15) is 23.5 Å². The zero-order valence-corrected chi connectivity index (χ0v) is 25.6. The largest absolute Gasteiger partial charge is 1.00 e. The van der Waals surface area contributed by atoms with Crippen molar-refractivity contribution in [2.24, 2.45) is 0 Å². The molecule has 44 heavy (non-hydrogen) atoms. The number of benzene rings is 4. The predicted octanol–water partition coefficient (Wildman–Crippen LogP) is 3.30. The normalized spacial score (nSPS) is 11.2. The second-order valence-electron chi connectivity index (χ2n) is 10.0. The molecule has 0 spiro atoms. The SMILES string of the molecule is [C-]#[N+]c1ccc(N(Cc2ccc(C(=O)NC(CCSC)C(=O)[O-])c(-c3ccccc3C)c2)Cc2cc(F)ccc2F)cc1.[Li+]. The van der Waals surface area contributed by atoms with E-state index in [-0.39, 0.29) is 43.9 Å². The van der Waals surface area contributed by atoms with Crippen LogP contribution in [-0.4, -0.2) is 29.9 Å². The minimum absolute atomic E-state index is 0. The molecule has 1 N–H and O–H groups in total. The first-order valence-corrected chi connectivity index (χ1v) is 15.0. The van der Waals surface area contributed by atoms with E-state index in [0.717, 1.165) is 34.9 Å². The fourth-order valence-corrected chi connectivity index (χ4v) is 5.24. The molecule has 0 aliphatic rings. The first kappa shape index (κ1) is 34.4. The van der Waals surface area contributed by atoms with Crippen LogP contribution >= 0.6 is 11.8 Å². The van der Waals surface area contributed by atoms with Crippen LogP contribution in [0.1, 0.15) is 33.5 Å². The fourth-order valence-electron chi connectivity index (χ4n) is 4.77. The Morgan fingerprint density at radius 3 is 2.36 bits per heavy atom. The third-order valence-corrected chi connectivity index (χ3v) is 7.69. The number of carboxylic acids is 1. The number of halogens is 2. The van der Waals surface area contributed by atoms with Gasteiger partial charge >= 0.3 is 18.9 Å². The Bertz CT molecular complexity index is 1660. The van der Waals surface area contributed by atoms with E-state index in [0.29, 0.717) is 28.3 Å². The van der Waals surface area contributed by atoms with Gasteiger partial charge in [0.05, 0.1) is 18.6 Å². The second-order valence-corrected chi connectivity index (χ2v) is 11.0. The van der Waals surface area contributed by atoms with Gasteiger partial charge < -0.3 is 20.1 Å². The number of aryl methyl sites for hydroxylation is 1. The number of anilines is 1. The molecule has 10 heteroatoms. The van der Waals surface area contributed by atoms with Crippen LogP contribution in [0.4, 0.5) is 20.2 Å². The van der Waals surface area contributed by atoms with Gasteiger partial charge in [-0.25, -0.2) is 13.6 Å². The molecule has 0 heterocycles. The standard InChI is InChI=1S/C34H31F2N3O3S.Li/c1-22-6-4-5-7-28(22)30-18-23(8-14-29(30)33(40)38-32(34(41)42)16-17-43-3)20-39(27-12-10-26(37-2)11-13-27)21-24-19-25(35)9-15-31(24)36;/h4-15,18-19,32H,16-17,20-21H2,1,3H3,(H,38,40)(H,41,42);/q;+1/p-1. The predicted molar refractivity (Wildman–Crippen MR) is 165 cm³/mol. The number of carbonyl (C=O) groups is 2. The van der Waals surface area contributed by atoms with E-state index >= 15 is 0 Å². The quantitative estimate of drug-likeness (QED) is 0.198. The number of amides is 1. The molecular weight excluding hydrogens is 575 g/mol. The van der Waals surface area contributed by atoms with Gasteiger partial charge in [0.15, 0.2) is 5.69 Å². The minimum Gasteiger partial charge on any atom is -0.548 e. The summed E-state index contributed by atoms with van der Waals surface area (Å²) >= 11 is 1.48. The summed E-state index contributed by atoms with van der Waals surface area (Å²) in [5, 5.41) is 14.3. The zero-order chi connectivity index (χ0) is 30.9. The van der Waals surface area contributed by atoms with Crippen LogP contribution in [0.5, 0.6) is 0 Å². The third kappa shape index (κ3) is 8.73. The van der Waals surface area contributed by atoms with Gasteiger partial charge in [0.25, 0.3) is 5.91 Å². The van der Waals surface area contributed by atoms with E-state index in [1.165, 1.54) is 11.8 Å². The molecule has 0 saturated carbocycles. The van der Waals surface area contributed by atoms with Crippen LogP contribution < -0.4 is 34.2 Å². The number of carboxylic acid groups (broad SMARTS) is 1. The van der Waals surface area contributed by atoms with Crippen LogP contribution in [0.3, 0.4) is 0 Å². The van der Waals surface area contributed by atoms with Crippen LogP contribution in [0, 0.1) is 25.1 Å². The van der Waals surface area contributed by atoms with Gasteiger partial charge in [-0.1, -0.05) is 42.5 Å². The van der Waals surface area contributed by atoms with Gasteiger partial charge in [-0.2, -0.15) is 11.8 Å². The summed E-state index contributed by atoms with van der Waals surface area (Å²) < 4.78 is 28.7. The molecule has 0 fully saturated rings. The number of rotatable bonds is 12. The summed E-state index contributed by atoms with van der Waals surface area (Å²) in [6.45, 7) is 9.49. The molecule has 0 radical (unpaired) electrons. The third-order valence-electron chi connectivity index (χ3n) is 7.05. The van der Waals surface area contributed by atoms with Crippen molar-refractivity contribution >= 4 is 35.0 Å². The molecule has 4 aromatic carbocycles. The smallest absolute Gasteiger partial charge is 0.548 e. The van der Waals surface area contributed by atoms with Gasteiger partial charge in [-0.15, -0.1) is 0 Å². The molecule has 0 aliphatic carbocycles. The number of aliphatic carboxylic acids is 1. The van der Waals surface area contributed by atoms with Crippen molar-refractivity contribution in [2.75, 3.05) is 16.9 Å². The summed E-state index contributed by atoms with van der Waals surface area (Å²) in [7, 11) is 0. The van der Waals surface area contributed by atoms with E-state index < -0.39 is 29.6 Å². The molecule has 1 atom stereocenters. The molecule has 0 aliphatic heterocycles. The fraction of sp³-hybridized carbons (Fsp3) is 0.206. The molecule has 0 saturated heterocycles. The Kier molecular flexibility index (Phi) is 12.6. The average Bonchev–Trinajstić information content (AvgIpc) is 3.00. The van der Waals surface area contributed by atoms with Crippen LogP contribution in [0.2, 0.25) is 0 Å². The molecule has 1 unspecified atom stereocenters. The number of nitrogens with zero attached hydrogens (tertiary/aromatic N) is 2. The van der Waals surface area contributed by atoms with Gasteiger partial charge in [0.2, 0.25) is 0 Å². The van der Waals surface area contributed by atoms with Crippen molar-refractivity contribution in [2.45, 2.75) is 32.5 Å². The summed E-state index contributed by atoms with van der Waals surface area (Å²) in [6, 6.07) is 21.8. The number of thioether (sulfide) groups is 1. The maximum atomic E-state index is 14.7. The maximum Gasteiger partial charge on any atom is 1.00 e. The second kappa shape index (κ2) is 16.1. The topological polar surface area (TPSA) is 76.8 Å². The van der Waals surface area contributed by atoms with E-state index in [1.54, 1.807) is 36.4 Å². The molecule has 1 amide bonds. The summed E-state index contributed by atoms with van der Waals surface area (Å²) in [6.07, 6.45) is 2.08. The number of nitrogens with one attached hydrogen (secondary N) is 1. The van der Waals surface area contributed by atoms with Crippen LogP contribution in [-0.2, 0) is 17.9 Å². The van der Waals surface area contributed by atoms with Crippen LogP contribution in [0.15, 0.2) is 84.9 Å². The zero-order valence-electron chi connectivity index (χ0n) is 24.8. The van der Waals surface area contributed by atoms with Crippen LogP contribution in [0.25, 0.3) is 16.0 Å². The number of carbonyl (C=O) groups excluding carboxylic acids is 2. The summed E-state index contributed by atoms with van der Waals surface area (Å²) in [5.74, 6) is -2.43. The minimum atomic E-state index is -1.35. The van der Waals surface area contributed by atoms with Crippen molar-refractivity contribution in [3.05, 3.63) is 130 Å². The van der Waals surface area contributed by atoms with Crippen molar-refractivity contribution in [3.63, 3.8) is 0 Å². The Balaban J connectivity index is 0.00000529. The first-order valence-electron chi connectivity index (χ1n) is 13.6. The summed E-state index contributed by atoms with van der Waals surface area (Å²) in [4.78, 5) is 30.4. The molecule has 4 aromatic rings. The van der Waals surface area contributed by atoms with Crippen molar-refractivity contribution in [1.29, 1.82) is 0 Å². The van der Waals surface area contributed by atoms with E-state index in [1.807, 2.05) is 48.4 Å². The van der Waals surface area contributed by atoms with Gasteiger partial charge in [-0.3, -0.25) is 4.79 Å². The number of hydrogen-bond donors (Lipinski definition) is 1. The van der Waals surface area contributed by atoms with Gasteiger partial charge in [0.1, 0.15) is 11.6 Å². The molecule has 0 bridgehead atoms. The maximum absolute atomic E-state index is 14.7. The molecule has 4 rings (SSSR count). The molecule has 6 nitrogen and oxygen atoms in total. The summed E-state index contributed by atoms with van der Waals surface area (Å²) in [5.41, 5.74) is 4.72. The van der Waals surface area contributed by atoms with Crippen molar-refractivity contribution in [1.82, 2.24) is 5.32 Å². The molecule has 220 valence electrons. The monoisotopic (exact) mass is 605 g/mol. The van der Waals surface area contributed by atoms with Crippen molar-refractivity contribution < 1.29 is 42.3 Å². The van der Waals surface area contributed by atoms with Crippen molar-refractivity contribution in [3.8, 4) is 11.1 Å². The average molecular weight is 606 g/mol. The Hall–Kier alpha value is -4.08.